The Labute approximate surface area is 254 Å². The average Bonchev–Trinajstić information content (AvgIpc) is 3.63. The maximum Gasteiger partial charge on any atom is 0.266 e. The van der Waals surface area contributed by atoms with E-state index in [9.17, 15) is 4.79 Å². The minimum atomic E-state index is -0.0531. The zero-order chi connectivity index (χ0) is 28.7. The SMILES string of the molecule is O=C1C(=Cc2ccc(OCCN3CCOCC3)c(-c3ccc4ccccc4c3)c2)SC(=S)N1CCCCc1nn[nH]n1. The summed E-state index contributed by atoms with van der Waals surface area (Å²) in [6.07, 6.45) is 4.29. The number of carbonyl (C=O) groups is 1. The van der Waals surface area contributed by atoms with Gasteiger partial charge in [0, 0.05) is 38.2 Å². The summed E-state index contributed by atoms with van der Waals surface area (Å²) < 4.78 is 12.4. The van der Waals surface area contributed by atoms with Crippen molar-refractivity contribution in [3.8, 4) is 16.9 Å². The first-order valence-electron chi connectivity index (χ1n) is 14.2. The summed E-state index contributed by atoms with van der Waals surface area (Å²) in [7, 11) is 0. The van der Waals surface area contributed by atoms with Crippen LogP contribution in [-0.4, -0.2) is 86.7 Å². The van der Waals surface area contributed by atoms with Gasteiger partial charge in [-0.15, -0.1) is 10.2 Å². The van der Waals surface area contributed by atoms with Gasteiger partial charge in [0.25, 0.3) is 5.91 Å². The maximum atomic E-state index is 13.3. The van der Waals surface area contributed by atoms with Crippen molar-refractivity contribution in [3.63, 3.8) is 0 Å². The molecule has 1 aromatic heterocycles. The van der Waals surface area contributed by atoms with Crippen molar-refractivity contribution in [2.24, 2.45) is 0 Å². The number of aryl methyl sites for hydroxylation is 1. The fourth-order valence-corrected chi connectivity index (χ4v) is 6.45. The molecule has 4 aromatic rings. The highest BCUT2D eigenvalue weighted by atomic mass is 32.2. The first-order chi connectivity index (χ1) is 20.6. The molecule has 11 heteroatoms. The first kappa shape index (κ1) is 28.5. The van der Waals surface area contributed by atoms with Crippen LogP contribution < -0.4 is 4.74 Å². The summed E-state index contributed by atoms with van der Waals surface area (Å²) in [5.41, 5.74) is 2.99. The van der Waals surface area contributed by atoms with Gasteiger partial charge in [-0.1, -0.05) is 71.7 Å². The van der Waals surface area contributed by atoms with Crippen LogP contribution in [0.15, 0.2) is 65.6 Å². The molecule has 0 bridgehead atoms. The van der Waals surface area contributed by atoms with E-state index < -0.39 is 0 Å². The topological polar surface area (TPSA) is 96.5 Å². The Morgan fingerprint density at radius 2 is 1.88 bits per heavy atom. The van der Waals surface area contributed by atoms with Crippen molar-refractivity contribution >= 4 is 51.1 Å². The molecule has 3 aromatic carbocycles. The lowest BCUT2D eigenvalue weighted by Gasteiger charge is -2.26. The summed E-state index contributed by atoms with van der Waals surface area (Å²) in [5, 5.41) is 16.4. The number of aromatic amines is 1. The molecule has 6 rings (SSSR count). The molecule has 1 amide bonds. The van der Waals surface area contributed by atoms with Gasteiger partial charge >= 0.3 is 0 Å². The van der Waals surface area contributed by atoms with E-state index in [2.05, 4.69) is 68.0 Å². The van der Waals surface area contributed by atoms with Crippen LogP contribution in [0.25, 0.3) is 28.0 Å². The number of hydrogen-bond acceptors (Lipinski definition) is 9. The van der Waals surface area contributed by atoms with Gasteiger partial charge in [0.2, 0.25) is 0 Å². The molecule has 216 valence electrons. The monoisotopic (exact) mass is 600 g/mol. The van der Waals surface area contributed by atoms with E-state index in [0.29, 0.717) is 34.6 Å². The van der Waals surface area contributed by atoms with E-state index in [1.165, 1.54) is 22.5 Å². The van der Waals surface area contributed by atoms with E-state index in [-0.39, 0.29) is 5.91 Å². The minimum absolute atomic E-state index is 0.0531. The van der Waals surface area contributed by atoms with Crippen LogP contribution in [0.5, 0.6) is 5.75 Å². The molecular formula is C31H32N6O3S2. The Balaban J connectivity index is 1.19. The summed E-state index contributed by atoms with van der Waals surface area (Å²) in [6, 6.07) is 20.9. The molecule has 1 N–H and O–H groups in total. The fourth-order valence-electron chi connectivity index (χ4n) is 5.14. The third kappa shape index (κ3) is 6.87. The molecule has 3 heterocycles. The van der Waals surface area contributed by atoms with Gasteiger partial charge in [0.05, 0.1) is 18.1 Å². The third-order valence-corrected chi connectivity index (χ3v) is 8.80. The first-order valence-corrected chi connectivity index (χ1v) is 15.4. The number of nitrogens with one attached hydrogen (secondary N) is 1. The second-order valence-electron chi connectivity index (χ2n) is 10.2. The Kier molecular flexibility index (Phi) is 9.19. The van der Waals surface area contributed by atoms with Gasteiger partial charge < -0.3 is 9.47 Å². The lowest BCUT2D eigenvalue weighted by Crippen LogP contribution is -2.38. The molecule has 2 fully saturated rings. The number of nitrogens with zero attached hydrogens (tertiary/aromatic N) is 5. The number of rotatable bonds is 11. The lowest BCUT2D eigenvalue weighted by atomic mass is 9.98. The van der Waals surface area contributed by atoms with Gasteiger partial charge in [-0.05, 0) is 59.0 Å². The zero-order valence-electron chi connectivity index (χ0n) is 23.2. The Morgan fingerprint density at radius 1 is 1.02 bits per heavy atom. The zero-order valence-corrected chi connectivity index (χ0v) is 24.8. The molecule has 42 heavy (non-hydrogen) atoms. The number of amides is 1. The number of morpholine rings is 1. The molecule has 2 saturated heterocycles. The molecule has 2 aliphatic rings. The molecule has 0 unspecified atom stereocenters. The number of tetrazole rings is 1. The van der Waals surface area contributed by atoms with Crippen molar-refractivity contribution in [2.75, 3.05) is 46.0 Å². The maximum absolute atomic E-state index is 13.3. The smallest absolute Gasteiger partial charge is 0.266 e. The number of thiocarbonyl (C=S) groups is 1. The van der Waals surface area contributed by atoms with Crippen molar-refractivity contribution < 1.29 is 14.3 Å². The average molecular weight is 601 g/mol. The predicted molar refractivity (Wildman–Crippen MR) is 169 cm³/mol. The molecule has 0 spiro atoms. The number of ether oxygens (including phenoxy) is 2. The highest BCUT2D eigenvalue weighted by molar-refractivity contribution is 8.26. The number of hydrogen-bond donors (Lipinski definition) is 1. The van der Waals surface area contributed by atoms with Crippen LogP contribution in [-0.2, 0) is 16.0 Å². The third-order valence-electron chi connectivity index (χ3n) is 7.43. The van der Waals surface area contributed by atoms with E-state index in [1.807, 2.05) is 24.3 Å². The fraction of sp³-hybridized carbons (Fsp3) is 0.323. The Bertz CT molecular complexity index is 1590. The van der Waals surface area contributed by atoms with Gasteiger partial charge in [-0.2, -0.15) is 5.21 Å². The van der Waals surface area contributed by atoms with Crippen LogP contribution in [0.1, 0.15) is 24.2 Å². The number of thioether (sulfide) groups is 1. The van der Waals surface area contributed by atoms with Crippen LogP contribution in [0.3, 0.4) is 0 Å². The highest BCUT2D eigenvalue weighted by Gasteiger charge is 2.31. The molecule has 0 saturated carbocycles. The van der Waals surface area contributed by atoms with Crippen molar-refractivity contribution in [3.05, 3.63) is 77.0 Å². The quantitative estimate of drug-likeness (QED) is 0.146. The summed E-state index contributed by atoms with van der Waals surface area (Å²) >= 11 is 6.92. The second-order valence-corrected chi connectivity index (χ2v) is 11.9. The summed E-state index contributed by atoms with van der Waals surface area (Å²) in [5.74, 6) is 1.45. The minimum Gasteiger partial charge on any atom is -0.492 e. The number of aromatic nitrogens is 4. The van der Waals surface area contributed by atoms with Crippen molar-refractivity contribution in [1.82, 2.24) is 30.4 Å². The van der Waals surface area contributed by atoms with Crippen LogP contribution in [0, 0.1) is 0 Å². The Morgan fingerprint density at radius 3 is 2.71 bits per heavy atom. The molecule has 0 radical (unpaired) electrons. The van der Waals surface area contributed by atoms with E-state index in [1.54, 1.807) is 4.90 Å². The summed E-state index contributed by atoms with van der Waals surface area (Å²) in [6.45, 7) is 5.39. The highest BCUT2D eigenvalue weighted by Crippen LogP contribution is 2.36. The number of H-pyrrole nitrogens is 1. The number of benzene rings is 3. The number of unbranched alkanes of at least 4 members (excludes halogenated alkanes) is 1. The predicted octanol–water partition coefficient (Wildman–Crippen LogP) is 4.96. The molecule has 2 aliphatic heterocycles. The van der Waals surface area contributed by atoms with Gasteiger partial charge in [0.15, 0.2) is 5.82 Å². The normalized spacial score (nSPS) is 17.0. The van der Waals surface area contributed by atoms with Gasteiger partial charge in [0.1, 0.15) is 16.7 Å². The van der Waals surface area contributed by atoms with Gasteiger partial charge in [-0.3, -0.25) is 14.6 Å². The van der Waals surface area contributed by atoms with Crippen LogP contribution in [0.2, 0.25) is 0 Å². The number of fused-ring (bicyclic) bond motifs is 1. The van der Waals surface area contributed by atoms with E-state index in [0.717, 1.165) is 68.1 Å². The van der Waals surface area contributed by atoms with E-state index >= 15 is 0 Å². The van der Waals surface area contributed by atoms with Crippen LogP contribution >= 0.6 is 24.0 Å². The summed E-state index contributed by atoms with van der Waals surface area (Å²) in [4.78, 5) is 18.0. The molecular weight excluding hydrogens is 569 g/mol. The largest absolute Gasteiger partial charge is 0.492 e. The Hall–Kier alpha value is -3.64. The molecule has 9 nitrogen and oxygen atoms in total. The number of carbonyl (C=O) groups excluding carboxylic acids is 1. The lowest BCUT2D eigenvalue weighted by molar-refractivity contribution is -0.122. The standard InChI is InChI=1S/C31H32N6O3S2/c38-30-28(42-31(41)37(30)12-4-3-7-29-32-34-35-33-29)20-22-8-11-27(40-18-15-36-13-16-39-17-14-36)26(19-22)25-10-9-23-5-1-2-6-24(23)21-25/h1-2,5-6,8-11,19-21H,3-4,7,12-18H2,(H,32,33,34,35). The van der Waals surface area contributed by atoms with Gasteiger partial charge in [-0.25, -0.2) is 0 Å². The molecule has 0 aliphatic carbocycles. The van der Waals surface area contributed by atoms with Crippen molar-refractivity contribution in [1.29, 1.82) is 0 Å². The van der Waals surface area contributed by atoms with E-state index in [4.69, 9.17) is 21.7 Å². The van der Waals surface area contributed by atoms with Crippen molar-refractivity contribution in [2.45, 2.75) is 19.3 Å². The second kappa shape index (κ2) is 13.6. The molecule has 0 atom stereocenters. The van der Waals surface area contributed by atoms with Crippen LogP contribution in [0.4, 0.5) is 0 Å².